The molecule has 0 N–H and O–H groups in total. The van der Waals surface area contributed by atoms with Crippen molar-refractivity contribution in [2.45, 2.75) is 25.4 Å². The standard InChI is InChI=1S/C14H11Cl4NO3/c15-9-7-8(10(16)12(18)11(9)17)14(21)19(13(7)20)5-6-3-1-2-4-22-6/h6H,1-5H2. The van der Waals surface area contributed by atoms with Crippen molar-refractivity contribution in [1.29, 1.82) is 0 Å². The lowest BCUT2D eigenvalue weighted by molar-refractivity contribution is -0.00111. The van der Waals surface area contributed by atoms with Crippen LogP contribution in [0.5, 0.6) is 0 Å². The Labute approximate surface area is 147 Å². The van der Waals surface area contributed by atoms with Gasteiger partial charge in [-0.2, -0.15) is 0 Å². The number of hydrogen-bond donors (Lipinski definition) is 0. The lowest BCUT2D eigenvalue weighted by Gasteiger charge is -2.26. The van der Waals surface area contributed by atoms with Crippen LogP contribution < -0.4 is 0 Å². The highest BCUT2D eigenvalue weighted by Crippen LogP contribution is 2.44. The zero-order chi connectivity index (χ0) is 16.0. The zero-order valence-corrected chi connectivity index (χ0v) is 14.3. The van der Waals surface area contributed by atoms with E-state index in [9.17, 15) is 9.59 Å². The minimum Gasteiger partial charge on any atom is -0.376 e. The van der Waals surface area contributed by atoms with Crippen LogP contribution >= 0.6 is 46.4 Å². The van der Waals surface area contributed by atoms with Gasteiger partial charge in [-0.1, -0.05) is 46.4 Å². The van der Waals surface area contributed by atoms with Gasteiger partial charge in [0.1, 0.15) is 0 Å². The Morgan fingerprint density at radius 2 is 1.45 bits per heavy atom. The molecule has 4 nitrogen and oxygen atoms in total. The molecule has 118 valence electrons. The molecule has 0 radical (unpaired) electrons. The van der Waals surface area contributed by atoms with E-state index in [4.69, 9.17) is 51.1 Å². The summed E-state index contributed by atoms with van der Waals surface area (Å²) in [5.41, 5.74) is 0.0313. The van der Waals surface area contributed by atoms with Gasteiger partial charge >= 0.3 is 0 Å². The van der Waals surface area contributed by atoms with Gasteiger partial charge in [-0.3, -0.25) is 14.5 Å². The van der Waals surface area contributed by atoms with Gasteiger partial charge in [0.25, 0.3) is 11.8 Å². The zero-order valence-electron chi connectivity index (χ0n) is 11.3. The summed E-state index contributed by atoms with van der Waals surface area (Å²) in [7, 11) is 0. The molecule has 1 fully saturated rings. The van der Waals surface area contributed by atoms with E-state index in [-0.39, 0.29) is 43.9 Å². The smallest absolute Gasteiger partial charge is 0.263 e. The number of carbonyl (C=O) groups is 2. The lowest BCUT2D eigenvalue weighted by atomic mass is 10.1. The molecule has 3 rings (SSSR count). The van der Waals surface area contributed by atoms with E-state index in [1.807, 2.05) is 0 Å². The second-order valence-corrected chi connectivity index (χ2v) is 6.73. The maximum Gasteiger partial charge on any atom is 0.263 e. The van der Waals surface area contributed by atoms with Crippen LogP contribution in [0.4, 0.5) is 0 Å². The predicted molar refractivity (Wildman–Crippen MR) is 85.4 cm³/mol. The Hall–Kier alpha value is -0.520. The first-order valence-electron chi connectivity index (χ1n) is 6.77. The maximum absolute atomic E-state index is 12.5. The monoisotopic (exact) mass is 381 g/mol. The van der Waals surface area contributed by atoms with Crippen molar-refractivity contribution < 1.29 is 14.3 Å². The van der Waals surface area contributed by atoms with Crippen molar-refractivity contribution in [3.05, 3.63) is 31.2 Å². The third kappa shape index (κ3) is 2.51. The maximum atomic E-state index is 12.5. The molecule has 2 heterocycles. The van der Waals surface area contributed by atoms with Crippen LogP contribution in [0.2, 0.25) is 20.1 Å². The summed E-state index contributed by atoms with van der Waals surface area (Å²) in [6.45, 7) is 0.807. The number of hydrogen-bond acceptors (Lipinski definition) is 3. The molecule has 1 unspecified atom stereocenters. The van der Waals surface area contributed by atoms with Gasteiger partial charge in [0, 0.05) is 6.61 Å². The van der Waals surface area contributed by atoms with Crippen molar-refractivity contribution in [2.75, 3.05) is 13.2 Å². The first-order chi connectivity index (χ1) is 10.4. The van der Waals surface area contributed by atoms with Crippen LogP contribution in [0.1, 0.15) is 40.0 Å². The van der Waals surface area contributed by atoms with Gasteiger partial charge in [-0.25, -0.2) is 0 Å². The van der Waals surface area contributed by atoms with Crippen LogP contribution in [0.25, 0.3) is 0 Å². The first kappa shape index (κ1) is 16.3. The number of carbonyl (C=O) groups excluding carboxylic acids is 2. The second-order valence-electron chi connectivity index (χ2n) is 5.22. The fourth-order valence-corrected chi connectivity index (χ4v) is 3.73. The Balaban J connectivity index is 1.98. The van der Waals surface area contributed by atoms with Crippen molar-refractivity contribution in [1.82, 2.24) is 4.90 Å². The molecule has 0 saturated carbocycles. The molecule has 1 aromatic carbocycles. The molecule has 1 saturated heterocycles. The molecule has 0 aliphatic carbocycles. The van der Waals surface area contributed by atoms with Crippen molar-refractivity contribution in [3.8, 4) is 0 Å². The molecule has 0 bridgehead atoms. The van der Waals surface area contributed by atoms with Gasteiger partial charge in [0.15, 0.2) is 0 Å². The quantitative estimate of drug-likeness (QED) is 0.430. The van der Waals surface area contributed by atoms with E-state index in [2.05, 4.69) is 0 Å². The highest BCUT2D eigenvalue weighted by molar-refractivity contribution is 6.55. The molecule has 0 spiro atoms. The Morgan fingerprint density at radius 3 is 1.91 bits per heavy atom. The summed E-state index contributed by atoms with van der Waals surface area (Å²) in [6, 6.07) is 0. The van der Waals surface area contributed by atoms with E-state index >= 15 is 0 Å². The Bertz CT molecular complexity index is 624. The van der Waals surface area contributed by atoms with E-state index in [1.54, 1.807) is 0 Å². The average Bonchev–Trinajstić information content (AvgIpc) is 2.76. The van der Waals surface area contributed by atoms with Crippen LogP contribution in [0.3, 0.4) is 0 Å². The van der Waals surface area contributed by atoms with Gasteiger partial charge in [-0.05, 0) is 19.3 Å². The summed E-state index contributed by atoms with van der Waals surface area (Å²) in [5, 5.41) is -0.138. The Kier molecular flexibility index (Phi) is 4.59. The number of amides is 2. The molecule has 2 aliphatic rings. The molecular weight excluding hydrogens is 372 g/mol. The minimum absolute atomic E-state index is 0.0156. The summed E-state index contributed by atoms with van der Waals surface area (Å²) < 4.78 is 5.58. The number of fused-ring (bicyclic) bond motifs is 1. The minimum atomic E-state index is -0.514. The molecule has 2 amide bonds. The third-order valence-electron chi connectivity index (χ3n) is 3.85. The van der Waals surface area contributed by atoms with E-state index in [1.165, 1.54) is 0 Å². The molecule has 1 aromatic rings. The Morgan fingerprint density at radius 1 is 0.909 bits per heavy atom. The number of imide groups is 1. The number of benzene rings is 1. The molecule has 1 atom stereocenters. The van der Waals surface area contributed by atoms with Crippen molar-refractivity contribution in [2.24, 2.45) is 0 Å². The summed E-state index contributed by atoms with van der Waals surface area (Å²) in [6.07, 6.45) is 2.63. The molecule has 2 aliphatic heterocycles. The number of nitrogens with zero attached hydrogens (tertiary/aromatic N) is 1. The molecule has 0 aromatic heterocycles. The van der Waals surface area contributed by atoms with Crippen LogP contribution in [0.15, 0.2) is 0 Å². The fourth-order valence-electron chi connectivity index (χ4n) is 2.72. The SMILES string of the molecule is O=C1c2c(Cl)c(Cl)c(Cl)c(Cl)c2C(=O)N1CC1CCCCO1. The van der Waals surface area contributed by atoms with Gasteiger partial charge in [-0.15, -0.1) is 0 Å². The van der Waals surface area contributed by atoms with Crippen LogP contribution in [0, 0.1) is 0 Å². The van der Waals surface area contributed by atoms with Gasteiger partial charge < -0.3 is 4.74 Å². The summed E-state index contributed by atoms with van der Waals surface area (Å²) >= 11 is 24.1. The number of ether oxygens (including phenoxy) is 1. The van der Waals surface area contributed by atoms with Crippen molar-refractivity contribution in [3.63, 3.8) is 0 Å². The second kappa shape index (κ2) is 6.17. The van der Waals surface area contributed by atoms with Gasteiger partial charge in [0.05, 0.1) is 43.9 Å². The fraction of sp³-hybridized carbons (Fsp3) is 0.429. The highest BCUT2D eigenvalue weighted by Gasteiger charge is 2.42. The van der Waals surface area contributed by atoms with Crippen LogP contribution in [-0.4, -0.2) is 36.0 Å². The normalized spacial score (nSPS) is 21.5. The van der Waals surface area contributed by atoms with E-state index < -0.39 is 11.8 Å². The number of halogens is 4. The highest BCUT2D eigenvalue weighted by atomic mass is 35.5. The van der Waals surface area contributed by atoms with E-state index in [0.717, 1.165) is 24.2 Å². The topological polar surface area (TPSA) is 46.6 Å². The lowest BCUT2D eigenvalue weighted by Crippen LogP contribution is -2.39. The largest absolute Gasteiger partial charge is 0.376 e. The molecular formula is C14H11Cl4NO3. The van der Waals surface area contributed by atoms with Crippen LogP contribution in [-0.2, 0) is 4.74 Å². The third-order valence-corrected chi connectivity index (χ3v) is 5.65. The number of rotatable bonds is 2. The average molecular weight is 383 g/mol. The summed E-state index contributed by atoms with van der Waals surface area (Å²) in [4.78, 5) is 26.1. The van der Waals surface area contributed by atoms with Gasteiger partial charge in [0.2, 0.25) is 0 Å². The summed E-state index contributed by atoms with van der Waals surface area (Å²) in [5.74, 6) is -1.03. The van der Waals surface area contributed by atoms with E-state index in [0.29, 0.717) is 6.61 Å². The molecule has 8 heteroatoms. The van der Waals surface area contributed by atoms with Crippen molar-refractivity contribution >= 4 is 58.2 Å². The molecule has 22 heavy (non-hydrogen) atoms. The predicted octanol–water partition coefficient (Wildman–Crippen LogP) is 4.47. The first-order valence-corrected chi connectivity index (χ1v) is 8.28.